The number of hydrogen-bond acceptors (Lipinski definition) is 3. The molecule has 0 saturated carbocycles. The van der Waals surface area contributed by atoms with Crippen molar-refractivity contribution in [2.45, 2.75) is 25.7 Å². The van der Waals surface area contributed by atoms with Crippen molar-refractivity contribution in [1.29, 1.82) is 0 Å². The SMILES string of the molecule is Fc1ccc(OCCCCCCN2CCNCC2)cc1. The molecule has 0 aliphatic carbocycles. The Labute approximate surface area is 121 Å². The zero-order valence-electron chi connectivity index (χ0n) is 12.1. The summed E-state index contributed by atoms with van der Waals surface area (Å²) in [5.41, 5.74) is 0. The van der Waals surface area contributed by atoms with E-state index < -0.39 is 0 Å². The van der Waals surface area contributed by atoms with Crippen LogP contribution in [0.25, 0.3) is 0 Å². The zero-order chi connectivity index (χ0) is 14.0. The van der Waals surface area contributed by atoms with Crippen LogP contribution < -0.4 is 10.1 Å². The first-order valence-corrected chi connectivity index (χ1v) is 7.66. The van der Waals surface area contributed by atoms with E-state index in [0.29, 0.717) is 0 Å². The van der Waals surface area contributed by atoms with Crippen molar-refractivity contribution in [2.75, 3.05) is 39.3 Å². The van der Waals surface area contributed by atoms with Gasteiger partial charge in [-0.15, -0.1) is 0 Å². The van der Waals surface area contributed by atoms with Crippen molar-refractivity contribution in [3.8, 4) is 5.75 Å². The van der Waals surface area contributed by atoms with Gasteiger partial charge in [-0.1, -0.05) is 12.8 Å². The molecule has 1 saturated heterocycles. The fourth-order valence-electron chi connectivity index (χ4n) is 2.45. The number of unbranched alkanes of at least 4 members (excludes halogenated alkanes) is 3. The summed E-state index contributed by atoms with van der Waals surface area (Å²) >= 11 is 0. The average Bonchev–Trinajstić information content (AvgIpc) is 2.49. The number of halogens is 1. The minimum Gasteiger partial charge on any atom is -0.494 e. The van der Waals surface area contributed by atoms with Crippen LogP contribution in [0.15, 0.2) is 24.3 Å². The van der Waals surface area contributed by atoms with Crippen LogP contribution in [0.4, 0.5) is 4.39 Å². The Morgan fingerprint density at radius 1 is 1.00 bits per heavy atom. The van der Waals surface area contributed by atoms with Crippen LogP contribution in [0.1, 0.15) is 25.7 Å². The topological polar surface area (TPSA) is 24.5 Å². The molecule has 0 radical (unpaired) electrons. The Kier molecular flexibility index (Phi) is 6.81. The van der Waals surface area contributed by atoms with Gasteiger partial charge in [0.15, 0.2) is 0 Å². The van der Waals surface area contributed by atoms with Crippen molar-refractivity contribution < 1.29 is 9.13 Å². The number of nitrogens with one attached hydrogen (secondary N) is 1. The molecule has 1 N–H and O–H groups in total. The molecule has 2 rings (SSSR count). The molecule has 1 aromatic carbocycles. The predicted octanol–water partition coefficient (Wildman–Crippen LogP) is 2.67. The highest BCUT2D eigenvalue weighted by atomic mass is 19.1. The van der Waals surface area contributed by atoms with Gasteiger partial charge in [-0.3, -0.25) is 0 Å². The second-order valence-corrected chi connectivity index (χ2v) is 5.31. The molecule has 0 bridgehead atoms. The Bertz CT molecular complexity index is 363. The van der Waals surface area contributed by atoms with Crippen LogP contribution >= 0.6 is 0 Å². The molecule has 112 valence electrons. The molecular formula is C16H25FN2O. The van der Waals surface area contributed by atoms with Crippen molar-refractivity contribution in [3.05, 3.63) is 30.1 Å². The molecule has 1 aliphatic rings. The van der Waals surface area contributed by atoms with Gasteiger partial charge in [-0.2, -0.15) is 0 Å². The van der Waals surface area contributed by atoms with Gasteiger partial charge in [0, 0.05) is 26.2 Å². The average molecular weight is 280 g/mol. The Morgan fingerprint density at radius 2 is 1.70 bits per heavy atom. The van der Waals surface area contributed by atoms with E-state index in [1.807, 2.05) is 0 Å². The van der Waals surface area contributed by atoms with Crippen LogP contribution in [0.2, 0.25) is 0 Å². The number of nitrogens with zero attached hydrogens (tertiary/aromatic N) is 1. The molecule has 3 nitrogen and oxygen atoms in total. The Balaban J connectivity index is 1.44. The summed E-state index contributed by atoms with van der Waals surface area (Å²) < 4.78 is 18.3. The lowest BCUT2D eigenvalue weighted by Gasteiger charge is -2.26. The van der Waals surface area contributed by atoms with E-state index in [4.69, 9.17) is 4.74 Å². The fraction of sp³-hybridized carbons (Fsp3) is 0.625. The lowest BCUT2D eigenvalue weighted by molar-refractivity contribution is 0.234. The predicted molar refractivity (Wildman–Crippen MR) is 79.7 cm³/mol. The Hall–Kier alpha value is -1.13. The highest BCUT2D eigenvalue weighted by Gasteiger charge is 2.07. The normalized spacial score (nSPS) is 16.2. The highest BCUT2D eigenvalue weighted by Crippen LogP contribution is 2.12. The molecule has 0 aromatic heterocycles. The maximum atomic E-state index is 12.7. The van der Waals surface area contributed by atoms with E-state index in [-0.39, 0.29) is 5.82 Å². The van der Waals surface area contributed by atoms with Gasteiger partial charge in [0.05, 0.1) is 6.61 Å². The lowest BCUT2D eigenvalue weighted by atomic mass is 10.2. The zero-order valence-corrected chi connectivity index (χ0v) is 12.1. The summed E-state index contributed by atoms with van der Waals surface area (Å²) in [6.45, 7) is 6.58. The second kappa shape index (κ2) is 8.93. The standard InChI is InChI=1S/C16H25FN2O/c17-15-5-7-16(8-6-15)20-14-4-2-1-3-11-19-12-9-18-10-13-19/h5-8,18H,1-4,9-14H2. The van der Waals surface area contributed by atoms with Crippen LogP contribution in [-0.4, -0.2) is 44.2 Å². The molecule has 1 aromatic rings. The van der Waals surface area contributed by atoms with Gasteiger partial charge in [0.25, 0.3) is 0 Å². The minimum absolute atomic E-state index is 0.217. The van der Waals surface area contributed by atoms with Gasteiger partial charge in [0.1, 0.15) is 11.6 Å². The highest BCUT2D eigenvalue weighted by molar-refractivity contribution is 5.21. The molecule has 4 heteroatoms. The van der Waals surface area contributed by atoms with E-state index in [1.165, 1.54) is 51.0 Å². The van der Waals surface area contributed by atoms with Crippen molar-refractivity contribution >= 4 is 0 Å². The van der Waals surface area contributed by atoms with E-state index >= 15 is 0 Å². The quantitative estimate of drug-likeness (QED) is 0.741. The van der Waals surface area contributed by atoms with Crippen molar-refractivity contribution in [3.63, 3.8) is 0 Å². The first kappa shape index (κ1) is 15.3. The minimum atomic E-state index is -0.217. The first-order chi connectivity index (χ1) is 9.84. The van der Waals surface area contributed by atoms with Crippen molar-refractivity contribution in [2.24, 2.45) is 0 Å². The van der Waals surface area contributed by atoms with Crippen LogP contribution in [0.3, 0.4) is 0 Å². The largest absolute Gasteiger partial charge is 0.494 e. The summed E-state index contributed by atoms with van der Waals surface area (Å²) in [5.74, 6) is 0.539. The second-order valence-electron chi connectivity index (χ2n) is 5.31. The summed E-state index contributed by atoms with van der Waals surface area (Å²) in [6, 6.07) is 6.23. The maximum Gasteiger partial charge on any atom is 0.123 e. The van der Waals surface area contributed by atoms with E-state index in [0.717, 1.165) is 31.9 Å². The summed E-state index contributed by atoms with van der Waals surface area (Å²) in [4.78, 5) is 2.53. The molecule has 1 heterocycles. The third-order valence-corrected chi connectivity index (χ3v) is 3.66. The van der Waals surface area contributed by atoms with Gasteiger partial charge >= 0.3 is 0 Å². The number of hydrogen-bond donors (Lipinski definition) is 1. The molecule has 0 spiro atoms. The monoisotopic (exact) mass is 280 g/mol. The molecule has 20 heavy (non-hydrogen) atoms. The van der Waals surface area contributed by atoms with E-state index in [2.05, 4.69) is 10.2 Å². The van der Waals surface area contributed by atoms with Crippen LogP contribution in [0.5, 0.6) is 5.75 Å². The number of rotatable bonds is 8. The number of piperazine rings is 1. The third-order valence-electron chi connectivity index (χ3n) is 3.66. The maximum absolute atomic E-state index is 12.7. The molecule has 0 atom stereocenters. The molecule has 0 amide bonds. The van der Waals surface area contributed by atoms with E-state index in [9.17, 15) is 4.39 Å². The number of ether oxygens (including phenoxy) is 1. The number of benzene rings is 1. The Morgan fingerprint density at radius 3 is 2.45 bits per heavy atom. The molecule has 0 unspecified atom stereocenters. The molecular weight excluding hydrogens is 255 g/mol. The van der Waals surface area contributed by atoms with Gasteiger partial charge < -0.3 is 15.0 Å². The lowest BCUT2D eigenvalue weighted by Crippen LogP contribution is -2.43. The summed E-state index contributed by atoms with van der Waals surface area (Å²) in [6.07, 6.45) is 4.81. The van der Waals surface area contributed by atoms with Crippen LogP contribution in [-0.2, 0) is 0 Å². The molecule has 1 aliphatic heterocycles. The summed E-state index contributed by atoms with van der Waals surface area (Å²) in [5, 5.41) is 3.37. The van der Waals surface area contributed by atoms with Crippen LogP contribution in [0, 0.1) is 5.82 Å². The van der Waals surface area contributed by atoms with Gasteiger partial charge in [-0.05, 0) is 43.7 Å². The van der Waals surface area contributed by atoms with Crippen molar-refractivity contribution in [1.82, 2.24) is 10.2 Å². The summed E-state index contributed by atoms with van der Waals surface area (Å²) in [7, 11) is 0. The fourth-order valence-corrected chi connectivity index (χ4v) is 2.45. The smallest absolute Gasteiger partial charge is 0.123 e. The van der Waals surface area contributed by atoms with Gasteiger partial charge in [-0.25, -0.2) is 4.39 Å². The van der Waals surface area contributed by atoms with E-state index in [1.54, 1.807) is 12.1 Å². The molecule has 1 fully saturated rings. The van der Waals surface area contributed by atoms with Gasteiger partial charge in [0.2, 0.25) is 0 Å². The first-order valence-electron chi connectivity index (χ1n) is 7.66. The third kappa shape index (κ3) is 5.88.